The van der Waals surface area contributed by atoms with Crippen molar-refractivity contribution in [1.29, 1.82) is 0 Å². The summed E-state index contributed by atoms with van der Waals surface area (Å²) < 4.78 is 35.0. The number of ether oxygens (including phenoxy) is 3. The summed E-state index contributed by atoms with van der Waals surface area (Å²) >= 11 is 0. The van der Waals surface area contributed by atoms with Crippen LogP contribution in [-0.4, -0.2) is 45.0 Å². The van der Waals surface area contributed by atoms with Gasteiger partial charge in [-0.15, -0.1) is 0 Å². The molecule has 0 radical (unpaired) electrons. The molecule has 5 atom stereocenters. The Morgan fingerprint density at radius 3 is 2.77 bits per heavy atom. The number of rotatable bonds is 7. The summed E-state index contributed by atoms with van der Waals surface area (Å²) in [5.74, 6) is 0.0196. The van der Waals surface area contributed by atoms with Crippen LogP contribution in [0.4, 0.5) is 10.6 Å². The lowest BCUT2D eigenvalue weighted by atomic mass is 9.96. The maximum Gasteiger partial charge on any atom is 0.509 e. The summed E-state index contributed by atoms with van der Waals surface area (Å²) in [5, 5.41) is 2.45. The fourth-order valence-electron chi connectivity index (χ4n) is 3.57. The third-order valence-corrected chi connectivity index (χ3v) is 6.12. The highest BCUT2D eigenvalue weighted by Gasteiger charge is 2.64. The van der Waals surface area contributed by atoms with E-state index < -0.39 is 50.2 Å². The van der Waals surface area contributed by atoms with Crippen molar-refractivity contribution in [3.8, 4) is 0 Å². The Balaban J connectivity index is 1.48. The number of nitrogens with zero attached hydrogens (tertiary/aromatic N) is 2. The number of hydrogen-bond donors (Lipinski definition) is 3. The van der Waals surface area contributed by atoms with Crippen molar-refractivity contribution in [3.05, 3.63) is 58.6 Å². The quantitative estimate of drug-likeness (QED) is 0.404. The predicted octanol–water partition coefficient (Wildman–Crippen LogP) is 0.924. The van der Waals surface area contributed by atoms with E-state index in [0.29, 0.717) is 0 Å². The van der Waals surface area contributed by atoms with Crippen LogP contribution < -0.4 is 16.5 Å². The average molecular weight is 452 g/mol. The van der Waals surface area contributed by atoms with Gasteiger partial charge in [0.05, 0.1) is 6.61 Å². The first-order chi connectivity index (χ1) is 14.7. The third kappa shape index (κ3) is 4.34. The van der Waals surface area contributed by atoms with E-state index in [0.717, 1.165) is 10.1 Å². The van der Waals surface area contributed by atoms with Gasteiger partial charge in [-0.05, 0) is 18.6 Å². The Morgan fingerprint density at radius 1 is 1.32 bits per heavy atom. The third-order valence-electron chi connectivity index (χ3n) is 5.07. The summed E-state index contributed by atoms with van der Waals surface area (Å²) in [6.07, 6.45) is -2.66. The van der Waals surface area contributed by atoms with Gasteiger partial charge < -0.3 is 24.8 Å². The number of carbonyl (C=O) groups excluding carboxylic acids is 1. The minimum absolute atomic E-state index is 0.0196. The number of fused-ring (bicyclic) bond motifs is 1. The topological polar surface area (TPSA) is 164 Å². The highest BCUT2D eigenvalue weighted by Crippen LogP contribution is 2.47. The molecule has 4 rings (SSSR count). The number of nitrogens with two attached hydrogens (primary N) is 1. The number of carbonyl (C=O) groups is 1. The Kier molecular flexibility index (Phi) is 5.58. The summed E-state index contributed by atoms with van der Waals surface area (Å²) in [7, 11) is -4.20. The van der Waals surface area contributed by atoms with Gasteiger partial charge in [-0.3, -0.25) is 9.09 Å². The number of aromatic nitrogens is 2. The summed E-state index contributed by atoms with van der Waals surface area (Å²) in [6.45, 7) is 1.23. The van der Waals surface area contributed by atoms with E-state index in [-0.39, 0.29) is 12.4 Å². The minimum atomic E-state index is -4.20. The molecule has 2 aliphatic rings. The van der Waals surface area contributed by atoms with E-state index in [1.807, 2.05) is 6.07 Å². The average Bonchev–Trinajstić information content (AvgIpc) is 3.16. The lowest BCUT2D eigenvalue weighted by Crippen LogP contribution is -2.44. The molecule has 2 aliphatic heterocycles. The van der Waals surface area contributed by atoms with E-state index in [1.54, 1.807) is 24.3 Å². The van der Waals surface area contributed by atoms with Gasteiger partial charge in [0.1, 0.15) is 11.9 Å². The van der Waals surface area contributed by atoms with Crippen LogP contribution in [-0.2, 0) is 29.8 Å². The number of hydrogen-bond acceptors (Lipinski definition) is 9. The van der Waals surface area contributed by atoms with Crippen LogP contribution >= 0.6 is 7.75 Å². The molecule has 0 saturated carbocycles. The number of nitrogens with one attached hydrogen (secondary N) is 1. The van der Waals surface area contributed by atoms with E-state index in [2.05, 4.69) is 10.1 Å². The molecule has 166 valence electrons. The minimum Gasteiger partial charge on any atom is -0.424 e. The van der Waals surface area contributed by atoms with Crippen molar-refractivity contribution in [2.75, 3.05) is 12.3 Å². The van der Waals surface area contributed by atoms with E-state index in [4.69, 9.17) is 24.5 Å². The predicted molar refractivity (Wildman–Crippen MR) is 106 cm³/mol. The van der Waals surface area contributed by atoms with Crippen LogP contribution in [0.2, 0.25) is 0 Å². The van der Waals surface area contributed by atoms with Gasteiger partial charge in [0.2, 0.25) is 0 Å². The Bertz CT molecular complexity index is 1080. The molecule has 13 heteroatoms. The number of anilines is 1. The largest absolute Gasteiger partial charge is 0.509 e. The highest BCUT2D eigenvalue weighted by molar-refractivity contribution is 7.50. The Hall–Kier alpha value is -2.76. The van der Waals surface area contributed by atoms with Crippen LogP contribution in [0.3, 0.4) is 0 Å². The van der Waals surface area contributed by atoms with Gasteiger partial charge in [-0.1, -0.05) is 30.3 Å². The van der Waals surface area contributed by atoms with Crippen LogP contribution in [0.25, 0.3) is 0 Å². The van der Waals surface area contributed by atoms with Crippen molar-refractivity contribution in [3.63, 3.8) is 0 Å². The molecular formula is C18H21N4O8P. The number of nitrogen functional groups attached to an aromatic ring is 1. The first-order valence-corrected chi connectivity index (χ1v) is 10.9. The zero-order valence-corrected chi connectivity index (χ0v) is 17.3. The normalized spacial score (nSPS) is 29.1. The summed E-state index contributed by atoms with van der Waals surface area (Å²) in [6, 6.07) is 10.4. The molecule has 1 aromatic carbocycles. The second-order valence-corrected chi connectivity index (χ2v) is 8.90. The lowest BCUT2D eigenvalue weighted by molar-refractivity contribution is -0.0930. The van der Waals surface area contributed by atoms with Crippen molar-refractivity contribution in [2.45, 2.75) is 37.5 Å². The lowest BCUT2D eigenvalue weighted by Gasteiger charge is -2.26. The molecule has 3 unspecified atom stereocenters. The maximum atomic E-state index is 12.4. The van der Waals surface area contributed by atoms with Crippen molar-refractivity contribution in [2.24, 2.45) is 0 Å². The molecule has 0 amide bonds. The second kappa shape index (κ2) is 8.06. The maximum absolute atomic E-state index is 12.4. The zero-order chi connectivity index (χ0) is 22.2. The fraction of sp³-hybridized carbons (Fsp3) is 0.389. The van der Waals surface area contributed by atoms with Crippen molar-refractivity contribution in [1.82, 2.24) is 14.6 Å². The molecule has 0 spiro atoms. The SMILES string of the molecule is C[C@@]12OC(=O)O[C@@H]1C(COP(=O)(O)NCc1ccccc1)OC2n1ccc(N)nc1=O. The molecule has 0 aliphatic carbocycles. The summed E-state index contributed by atoms with van der Waals surface area (Å²) in [4.78, 5) is 37.8. The van der Waals surface area contributed by atoms with Crippen LogP contribution in [0.5, 0.6) is 0 Å². The monoisotopic (exact) mass is 452 g/mol. The van der Waals surface area contributed by atoms with E-state index in [9.17, 15) is 19.0 Å². The first-order valence-electron chi connectivity index (χ1n) is 9.34. The van der Waals surface area contributed by atoms with E-state index >= 15 is 0 Å². The van der Waals surface area contributed by atoms with E-state index in [1.165, 1.54) is 19.2 Å². The molecule has 3 heterocycles. The van der Waals surface area contributed by atoms with Gasteiger partial charge in [0.25, 0.3) is 0 Å². The van der Waals surface area contributed by atoms with Gasteiger partial charge in [-0.25, -0.2) is 19.2 Å². The molecule has 12 nitrogen and oxygen atoms in total. The smallest absolute Gasteiger partial charge is 0.424 e. The molecule has 31 heavy (non-hydrogen) atoms. The second-order valence-electron chi connectivity index (χ2n) is 7.28. The van der Waals surface area contributed by atoms with Crippen LogP contribution in [0, 0.1) is 0 Å². The zero-order valence-electron chi connectivity index (χ0n) is 16.4. The van der Waals surface area contributed by atoms with Crippen molar-refractivity contribution < 1.29 is 33.0 Å². The summed E-state index contributed by atoms with van der Waals surface area (Å²) in [5.41, 5.74) is 4.21. The van der Waals surface area contributed by atoms with Gasteiger partial charge >= 0.3 is 19.6 Å². The van der Waals surface area contributed by atoms with Gasteiger partial charge in [-0.2, -0.15) is 4.98 Å². The fourth-order valence-corrected chi connectivity index (χ4v) is 4.39. The van der Waals surface area contributed by atoms with Crippen molar-refractivity contribution >= 4 is 19.7 Å². The molecule has 1 aromatic heterocycles. The molecule has 2 fully saturated rings. The van der Waals surface area contributed by atoms with Crippen LogP contribution in [0.1, 0.15) is 18.7 Å². The van der Waals surface area contributed by atoms with Gasteiger partial charge in [0, 0.05) is 12.7 Å². The highest BCUT2D eigenvalue weighted by atomic mass is 31.2. The Morgan fingerprint density at radius 2 is 2.06 bits per heavy atom. The first kappa shape index (κ1) is 21.5. The molecule has 0 bridgehead atoms. The van der Waals surface area contributed by atoms with Gasteiger partial charge in [0.15, 0.2) is 17.9 Å². The molecular weight excluding hydrogens is 431 g/mol. The standard InChI is InChI=1S/C18H21N4O8P/c1-18-14(29-17(24)30-18)12(28-15(18)22-8-7-13(19)21-16(22)23)10-27-31(25,26)20-9-11-5-3-2-4-6-11/h2-8,12,14-15H,9-10H2,1H3,(H2,19,21,23)(H2,20,25,26)/t12?,14-,15?,18-/m1/s1. The molecule has 2 saturated heterocycles. The molecule has 2 aromatic rings. The number of benzene rings is 1. The van der Waals surface area contributed by atoms with Crippen LogP contribution in [0.15, 0.2) is 47.4 Å². The molecule has 4 N–H and O–H groups in total. The Labute approximate surface area is 176 Å².